The zero-order valence-corrected chi connectivity index (χ0v) is 76.8. The van der Waals surface area contributed by atoms with Crippen LogP contribution in [0.25, 0.3) is 0 Å². The lowest BCUT2D eigenvalue weighted by molar-refractivity contribution is -0.287. The number of alkyl halides is 32. The maximum Gasteiger partial charge on any atom is 0.453 e. The summed E-state index contributed by atoms with van der Waals surface area (Å²) in [5.41, 5.74) is -2.17. The smallest absolute Gasteiger partial charge is 0.396 e. The Bertz CT molecular complexity index is 2700. The van der Waals surface area contributed by atoms with Crippen LogP contribution in [0.1, 0.15) is 112 Å². The summed E-state index contributed by atoms with van der Waals surface area (Å²) in [5.74, 6) is -22.4. The SMILES string of the molecule is CC(C)(COCC(CO)COCC(F)(F)F)COCC(CO)COCC(F)(F)F.CC(C)(COCC(CO)COCCC(F)(F)C(F)(F)F)COCC(CO)COCCC(F)(F)C(F)(F)F.CC(C)(COCC(CO)COCCC(F)(F)CC(F)(F)F)COCC(CO)COCCC(F)(F)CC(F)(F)F.CC(C)(COCC(CO)COCCC(F)(F)F)COCC(CO)COCCC(F)(F)F.[HH].[HH].[HH].[HH]. The standard InChI is InChI=1S/C23H38F10O6.C21H34F10O6.C19H34F6O6.C17H30F6O6.4H2/c1-19(2,15-38-11-17(7-34)9-36-5-3-20(24,25)13-22(28,29)30)16-39-12-18(8-35)10-37-6-4-21(26,27)14-23(31,32)33;1-17(2,13-36-11-15(7-32)9-34-5-3-18(22,23)20(26,27)28)14-37-12-16(8-33)10-35-6-4-19(24,25)21(29,30)31;1-17(2,13-30-11-15(7-26)9-28-5-3-18(20,21)22)14-31-12-16(8-27)10-29-6-4-19(23,24)25;1-15(2,9-26-5-13(3-24)7-28-11-16(18,19)20)10-27-6-14(4-25)8-29-12-17(21,22)23;;;;/h17-18,34-35H,3-16H2,1-2H3;15-16,32-33H,3-14H2,1-2H3;15-16,26-27H,3-14H2,1-2H3;13-14,24-25H,3-12H2,1-2H3;4*1H. The van der Waals surface area contributed by atoms with Crippen molar-refractivity contribution in [2.45, 2.75) is 180 Å². The van der Waals surface area contributed by atoms with E-state index >= 15 is 0 Å². The summed E-state index contributed by atoms with van der Waals surface area (Å²) in [4.78, 5) is 0. The Morgan fingerprint density at radius 3 is 0.449 bits per heavy atom. The molecule has 8 N–H and O–H groups in total. The highest BCUT2D eigenvalue weighted by Gasteiger charge is 2.58. The Morgan fingerprint density at radius 2 is 0.316 bits per heavy atom. The van der Waals surface area contributed by atoms with Gasteiger partial charge in [0.2, 0.25) is 0 Å². The molecular weight excluding hydrogens is 1950 g/mol. The third-order valence-electron chi connectivity index (χ3n) is 17.3. The Labute approximate surface area is 774 Å². The quantitative estimate of drug-likeness (QED) is 0.0207. The van der Waals surface area contributed by atoms with Crippen LogP contribution in [0, 0.1) is 69.0 Å². The number of rotatable bonds is 76. The average Bonchev–Trinajstić information content (AvgIpc) is 0.843. The Morgan fingerprint density at radius 1 is 0.176 bits per heavy atom. The molecule has 0 amide bonds. The molecule has 0 fully saturated rings. The van der Waals surface area contributed by atoms with Crippen LogP contribution in [0.4, 0.5) is 140 Å². The molecule has 24 nitrogen and oxygen atoms in total. The van der Waals surface area contributed by atoms with Crippen molar-refractivity contribution in [2.24, 2.45) is 69.0 Å². The van der Waals surface area contributed by atoms with E-state index in [1.807, 2.05) is 13.8 Å². The van der Waals surface area contributed by atoms with Crippen LogP contribution >= 0.6 is 0 Å². The minimum atomic E-state index is -5.68. The molecule has 0 radical (unpaired) electrons. The fourth-order valence-electron chi connectivity index (χ4n) is 9.86. The topological polar surface area (TPSA) is 310 Å². The maximum absolute atomic E-state index is 13.2. The first-order valence-corrected chi connectivity index (χ1v) is 42.2. The molecule has 0 rings (SSSR count). The van der Waals surface area contributed by atoms with Crippen LogP contribution in [0.15, 0.2) is 0 Å². The van der Waals surface area contributed by atoms with Crippen LogP contribution in [-0.4, -0.2) is 378 Å². The summed E-state index contributed by atoms with van der Waals surface area (Å²) < 4.78 is 476. The molecule has 0 aliphatic heterocycles. The van der Waals surface area contributed by atoms with Crippen LogP contribution < -0.4 is 0 Å². The lowest BCUT2D eigenvalue weighted by Crippen LogP contribution is -2.37. The van der Waals surface area contributed by atoms with Gasteiger partial charge in [-0.3, -0.25) is 0 Å². The summed E-state index contributed by atoms with van der Waals surface area (Å²) in [5, 5.41) is 74.2. The van der Waals surface area contributed by atoms with Gasteiger partial charge in [-0.05, 0) is 0 Å². The van der Waals surface area contributed by atoms with Gasteiger partial charge in [-0.25, -0.2) is 17.6 Å². The predicted molar refractivity (Wildman–Crippen MR) is 426 cm³/mol. The predicted octanol–water partition coefficient (Wildman–Crippen LogP) is 16.3. The molecule has 0 aliphatic rings. The second kappa shape index (κ2) is 69.0. The largest absolute Gasteiger partial charge is 0.453 e. The molecule has 0 heterocycles. The molecular formula is C80H144F32O24. The van der Waals surface area contributed by atoms with Crippen LogP contribution in [0.5, 0.6) is 0 Å². The van der Waals surface area contributed by atoms with Gasteiger partial charge in [0.05, 0.1) is 264 Å². The summed E-state index contributed by atoms with van der Waals surface area (Å²) in [7, 11) is 0. The number of aliphatic hydroxyl groups is 8. The van der Waals surface area contributed by atoms with Crippen molar-refractivity contribution in [3.63, 3.8) is 0 Å². The van der Waals surface area contributed by atoms with E-state index in [4.69, 9.17) is 76.5 Å². The van der Waals surface area contributed by atoms with Crippen molar-refractivity contribution in [1.29, 1.82) is 0 Å². The van der Waals surface area contributed by atoms with E-state index in [-0.39, 0.29) is 177 Å². The molecule has 8 atom stereocenters. The number of hydrogen-bond acceptors (Lipinski definition) is 24. The number of hydrogen-bond donors (Lipinski definition) is 8. The summed E-state index contributed by atoms with van der Waals surface area (Å²) in [6.45, 7) is 3.57. The first-order valence-electron chi connectivity index (χ1n) is 42.2. The van der Waals surface area contributed by atoms with Crippen LogP contribution in [0.2, 0.25) is 0 Å². The second-order valence-electron chi connectivity index (χ2n) is 35.3. The molecule has 0 saturated heterocycles. The molecule has 0 spiro atoms. The third-order valence-corrected chi connectivity index (χ3v) is 17.3. The van der Waals surface area contributed by atoms with Gasteiger partial charge in [0.15, 0.2) is 0 Å². The summed E-state index contributed by atoms with van der Waals surface area (Å²) >= 11 is 0. The molecule has 8 unspecified atom stereocenters. The highest BCUT2D eigenvalue weighted by Crippen LogP contribution is 2.41. The molecule has 56 heteroatoms. The van der Waals surface area contributed by atoms with E-state index in [1.165, 1.54) is 0 Å². The van der Waals surface area contributed by atoms with E-state index in [1.54, 1.807) is 41.5 Å². The van der Waals surface area contributed by atoms with Gasteiger partial charge in [-0.15, -0.1) is 0 Å². The number of halogens is 32. The minimum Gasteiger partial charge on any atom is -0.396 e. The zero-order chi connectivity index (χ0) is 106. The van der Waals surface area contributed by atoms with Gasteiger partial charge in [-0.1, -0.05) is 55.4 Å². The van der Waals surface area contributed by atoms with E-state index in [9.17, 15) is 171 Å². The number of aliphatic hydroxyl groups excluding tert-OH is 8. The molecule has 0 aromatic rings. The van der Waals surface area contributed by atoms with Crippen LogP contribution in [-0.2, 0) is 75.8 Å². The van der Waals surface area contributed by atoms with E-state index < -0.39 is 286 Å². The van der Waals surface area contributed by atoms with Gasteiger partial charge in [0.25, 0.3) is 11.8 Å². The molecule has 0 aromatic carbocycles. The zero-order valence-electron chi connectivity index (χ0n) is 76.8. The lowest BCUT2D eigenvalue weighted by Gasteiger charge is -2.26. The highest BCUT2D eigenvalue weighted by atomic mass is 19.5. The summed E-state index contributed by atoms with van der Waals surface area (Å²) in [6.07, 6.45) is -50.8. The maximum atomic E-state index is 13.2. The van der Waals surface area contributed by atoms with Gasteiger partial charge < -0.3 is 117 Å². The Balaban J connectivity index is -0.000000276. The average molecular weight is 2100 g/mol. The molecule has 136 heavy (non-hydrogen) atoms. The first kappa shape index (κ1) is 139. The fraction of sp³-hybridized carbons (Fsp3) is 1.00. The van der Waals surface area contributed by atoms with E-state index in [0.29, 0.717) is 0 Å². The van der Waals surface area contributed by atoms with Gasteiger partial charge in [0, 0.05) is 100 Å². The fourth-order valence-corrected chi connectivity index (χ4v) is 9.86. The van der Waals surface area contributed by atoms with Gasteiger partial charge in [0.1, 0.15) is 26.1 Å². The van der Waals surface area contributed by atoms with Crippen molar-refractivity contribution in [2.75, 3.05) is 264 Å². The summed E-state index contributed by atoms with van der Waals surface area (Å²) in [6, 6.07) is 0. The number of ether oxygens (including phenoxy) is 16. The van der Waals surface area contributed by atoms with Crippen molar-refractivity contribution in [1.82, 2.24) is 0 Å². The van der Waals surface area contributed by atoms with Gasteiger partial charge in [-0.2, -0.15) is 123 Å². The van der Waals surface area contributed by atoms with Crippen molar-refractivity contribution in [3.05, 3.63) is 0 Å². The Hall–Kier alpha value is -3.20. The minimum absolute atomic E-state index is 0. The van der Waals surface area contributed by atoms with Crippen molar-refractivity contribution in [3.8, 4) is 0 Å². The second-order valence-corrected chi connectivity index (χ2v) is 35.3. The molecule has 0 bridgehead atoms. The first-order chi connectivity index (χ1) is 62.0. The highest BCUT2D eigenvalue weighted by molar-refractivity contribution is 4.79. The van der Waals surface area contributed by atoms with Gasteiger partial charge >= 0.3 is 61.3 Å². The van der Waals surface area contributed by atoms with Crippen LogP contribution in [0.3, 0.4) is 0 Å². The molecule has 832 valence electrons. The monoisotopic (exact) mass is 2100 g/mol. The third kappa shape index (κ3) is 85.2. The molecule has 0 saturated carbocycles. The normalized spacial score (nSPS) is 15.5. The lowest BCUT2D eigenvalue weighted by atomic mass is 9.96. The molecule has 0 aliphatic carbocycles. The van der Waals surface area contributed by atoms with E-state index in [0.717, 1.165) is 0 Å². The van der Waals surface area contributed by atoms with Crippen molar-refractivity contribution < 1.29 is 263 Å². The molecule has 0 aromatic heterocycles. The Kier molecular flexibility index (Phi) is 70.5. The van der Waals surface area contributed by atoms with E-state index in [2.05, 4.69) is 9.47 Å². The van der Waals surface area contributed by atoms with Crippen molar-refractivity contribution >= 4 is 0 Å².